The van der Waals surface area contributed by atoms with Crippen LogP contribution in [0, 0.1) is 0 Å². The van der Waals surface area contributed by atoms with Crippen LogP contribution in [0.15, 0.2) is 11.4 Å². The average Bonchev–Trinajstić information content (AvgIpc) is 2.85. The van der Waals surface area contributed by atoms with Gasteiger partial charge in [0.25, 0.3) is 0 Å². The molecule has 106 valence electrons. The first-order chi connectivity index (χ1) is 9.18. The summed E-state index contributed by atoms with van der Waals surface area (Å²) in [6.07, 6.45) is 3.24. The third-order valence-electron chi connectivity index (χ3n) is 4.49. The predicted octanol–water partition coefficient (Wildman–Crippen LogP) is 1.95. The highest BCUT2D eigenvalue weighted by Gasteiger charge is 2.35. The molecule has 0 spiro atoms. The summed E-state index contributed by atoms with van der Waals surface area (Å²) in [6, 6.07) is 2.25. The van der Waals surface area contributed by atoms with Crippen molar-refractivity contribution in [3.8, 4) is 0 Å². The van der Waals surface area contributed by atoms with Gasteiger partial charge in [0.2, 0.25) is 0 Å². The highest BCUT2D eigenvalue weighted by molar-refractivity contribution is 7.10. The highest BCUT2D eigenvalue weighted by atomic mass is 32.1. The molecule has 1 aromatic rings. The number of β-amino-alcohol motifs (C(OH)–C–C–N with tert-alkyl or cyclic N) is 1. The number of rotatable bonds is 3. The minimum Gasteiger partial charge on any atom is -0.387 e. The number of likely N-dealkylation sites (N-methyl/N-ethyl adjacent to an activating group) is 1. The van der Waals surface area contributed by atoms with Gasteiger partial charge in [-0.05, 0) is 49.4 Å². The molecular weight excluding hydrogens is 256 g/mol. The van der Waals surface area contributed by atoms with Crippen molar-refractivity contribution in [2.75, 3.05) is 32.7 Å². The molecule has 0 bridgehead atoms. The zero-order valence-corrected chi connectivity index (χ0v) is 12.6. The lowest BCUT2D eigenvalue weighted by Gasteiger charge is -2.42. The molecule has 1 atom stereocenters. The Labute approximate surface area is 119 Å². The number of likely N-dealkylation sites (tertiary alicyclic amines) is 1. The number of aliphatic hydroxyl groups is 1. The number of hydrogen-bond acceptors (Lipinski definition) is 4. The van der Waals surface area contributed by atoms with E-state index in [4.69, 9.17) is 0 Å². The van der Waals surface area contributed by atoms with Crippen LogP contribution in [0.4, 0.5) is 0 Å². The number of fused-ring (bicyclic) bond motifs is 1. The van der Waals surface area contributed by atoms with Gasteiger partial charge in [-0.1, -0.05) is 6.92 Å². The Morgan fingerprint density at radius 2 is 2.26 bits per heavy atom. The first-order valence-corrected chi connectivity index (χ1v) is 8.29. The Bertz CT molecular complexity index is 434. The van der Waals surface area contributed by atoms with E-state index in [1.807, 2.05) is 11.3 Å². The molecule has 0 aliphatic carbocycles. The molecule has 1 unspecified atom stereocenters. The summed E-state index contributed by atoms with van der Waals surface area (Å²) >= 11 is 1.88. The van der Waals surface area contributed by atoms with Crippen LogP contribution in [-0.4, -0.2) is 53.2 Å². The van der Waals surface area contributed by atoms with Crippen LogP contribution in [0.2, 0.25) is 0 Å². The van der Waals surface area contributed by atoms with Gasteiger partial charge in [-0.2, -0.15) is 0 Å². The van der Waals surface area contributed by atoms with Gasteiger partial charge in [0, 0.05) is 31.1 Å². The smallest absolute Gasteiger partial charge is 0.0900 e. The van der Waals surface area contributed by atoms with Crippen molar-refractivity contribution >= 4 is 11.3 Å². The quantitative estimate of drug-likeness (QED) is 0.917. The van der Waals surface area contributed by atoms with E-state index in [-0.39, 0.29) is 0 Å². The van der Waals surface area contributed by atoms with Crippen LogP contribution in [-0.2, 0) is 13.0 Å². The molecule has 2 aliphatic rings. The Morgan fingerprint density at radius 3 is 3.11 bits per heavy atom. The molecule has 4 heteroatoms. The first kappa shape index (κ1) is 13.6. The lowest BCUT2D eigenvalue weighted by molar-refractivity contribution is -0.0542. The van der Waals surface area contributed by atoms with Crippen molar-refractivity contribution in [2.45, 2.75) is 38.3 Å². The normalized spacial score (nSPS) is 29.4. The number of nitrogens with zero attached hydrogens (tertiary/aromatic N) is 2. The molecule has 1 N–H and O–H groups in total. The summed E-state index contributed by atoms with van der Waals surface area (Å²) in [5.74, 6) is 0. The molecule has 2 aliphatic heterocycles. The van der Waals surface area contributed by atoms with Crippen molar-refractivity contribution in [1.29, 1.82) is 0 Å². The largest absolute Gasteiger partial charge is 0.387 e. The fourth-order valence-corrected chi connectivity index (χ4v) is 4.35. The second kappa shape index (κ2) is 5.52. The van der Waals surface area contributed by atoms with Crippen molar-refractivity contribution in [3.05, 3.63) is 21.9 Å². The van der Waals surface area contributed by atoms with Crippen LogP contribution >= 0.6 is 11.3 Å². The monoisotopic (exact) mass is 280 g/mol. The molecule has 0 aromatic carbocycles. The number of piperidine rings is 1. The van der Waals surface area contributed by atoms with Crippen LogP contribution in [0.5, 0.6) is 0 Å². The molecule has 1 aromatic heterocycles. The molecule has 0 saturated carbocycles. The van der Waals surface area contributed by atoms with Gasteiger partial charge in [0.15, 0.2) is 0 Å². The van der Waals surface area contributed by atoms with E-state index in [2.05, 4.69) is 28.2 Å². The van der Waals surface area contributed by atoms with E-state index in [1.54, 1.807) is 4.88 Å². The maximum atomic E-state index is 10.8. The minimum absolute atomic E-state index is 0.498. The maximum Gasteiger partial charge on any atom is 0.0900 e. The van der Waals surface area contributed by atoms with Crippen molar-refractivity contribution in [1.82, 2.24) is 9.80 Å². The third kappa shape index (κ3) is 3.02. The highest BCUT2D eigenvalue weighted by Crippen LogP contribution is 2.27. The molecule has 1 saturated heterocycles. The topological polar surface area (TPSA) is 26.7 Å². The predicted molar refractivity (Wildman–Crippen MR) is 79.6 cm³/mol. The van der Waals surface area contributed by atoms with Crippen molar-refractivity contribution in [2.24, 2.45) is 0 Å². The minimum atomic E-state index is -0.498. The summed E-state index contributed by atoms with van der Waals surface area (Å²) in [6.45, 7) is 8.18. The molecule has 0 amide bonds. The average molecular weight is 280 g/mol. The first-order valence-electron chi connectivity index (χ1n) is 7.41. The van der Waals surface area contributed by atoms with E-state index in [0.29, 0.717) is 0 Å². The van der Waals surface area contributed by atoms with Gasteiger partial charge >= 0.3 is 0 Å². The Kier molecular flexibility index (Phi) is 3.94. The SMILES string of the molecule is CCN1CCCC(O)(CN2CCc3sccc3C2)C1. The molecule has 3 heterocycles. The van der Waals surface area contributed by atoms with E-state index >= 15 is 0 Å². The van der Waals surface area contributed by atoms with Crippen LogP contribution < -0.4 is 0 Å². The molecular formula is C15H24N2OS. The van der Waals surface area contributed by atoms with E-state index in [0.717, 1.165) is 58.5 Å². The molecule has 0 radical (unpaired) electrons. The Balaban J connectivity index is 1.62. The second-order valence-electron chi connectivity index (χ2n) is 6.03. The summed E-state index contributed by atoms with van der Waals surface area (Å²) in [7, 11) is 0. The van der Waals surface area contributed by atoms with E-state index in [9.17, 15) is 5.11 Å². The van der Waals surface area contributed by atoms with Gasteiger partial charge in [-0.25, -0.2) is 0 Å². The summed E-state index contributed by atoms with van der Waals surface area (Å²) in [5.41, 5.74) is 0.977. The van der Waals surface area contributed by atoms with Gasteiger partial charge in [-0.15, -0.1) is 11.3 Å². The van der Waals surface area contributed by atoms with E-state index < -0.39 is 5.60 Å². The van der Waals surface area contributed by atoms with Gasteiger partial charge in [-0.3, -0.25) is 4.90 Å². The summed E-state index contributed by atoms with van der Waals surface area (Å²) < 4.78 is 0. The fraction of sp³-hybridized carbons (Fsp3) is 0.733. The lowest BCUT2D eigenvalue weighted by atomic mass is 9.91. The van der Waals surface area contributed by atoms with Crippen molar-refractivity contribution < 1.29 is 5.11 Å². The number of thiophene rings is 1. The Hall–Kier alpha value is -0.420. The Morgan fingerprint density at radius 1 is 1.37 bits per heavy atom. The standard InChI is InChI=1S/C15H24N2OS/c1-2-16-7-3-6-15(18,11-16)12-17-8-4-14-13(10-17)5-9-19-14/h5,9,18H,2-4,6-8,10-12H2,1H3. The van der Waals surface area contributed by atoms with Crippen molar-refractivity contribution in [3.63, 3.8) is 0 Å². The molecule has 3 nitrogen and oxygen atoms in total. The zero-order chi connectivity index (χ0) is 13.3. The number of hydrogen-bond donors (Lipinski definition) is 1. The van der Waals surface area contributed by atoms with Crippen LogP contribution in [0.3, 0.4) is 0 Å². The van der Waals surface area contributed by atoms with Gasteiger partial charge in [0.1, 0.15) is 0 Å². The summed E-state index contributed by atoms with van der Waals surface area (Å²) in [5, 5.41) is 13.0. The van der Waals surface area contributed by atoms with Gasteiger partial charge in [0.05, 0.1) is 5.60 Å². The second-order valence-corrected chi connectivity index (χ2v) is 7.03. The molecule has 1 fully saturated rings. The van der Waals surface area contributed by atoms with E-state index in [1.165, 1.54) is 5.56 Å². The van der Waals surface area contributed by atoms with Gasteiger partial charge < -0.3 is 10.0 Å². The fourth-order valence-electron chi connectivity index (χ4n) is 3.46. The summed E-state index contributed by atoms with van der Waals surface area (Å²) in [4.78, 5) is 6.36. The zero-order valence-electron chi connectivity index (χ0n) is 11.8. The molecule has 19 heavy (non-hydrogen) atoms. The maximum absolute atomic E-state index is 10.8. The lowest BCUT2D eigenvalue weighted by Crippen LogP contribution is -2.54. The third-order valence-corrected chi connectivity index (χ3v) is 5.51. The van der Waals surface area contributed by atoms with Crippen LogP contribution in [0.25, 0.3) is 0 Å². The molecule has 3 rings (SSSR count). The van der Waals surface area contributed by atoms with Crippen LogP contribution in [0.1, 0.15) is 30.2 Å².